The fourth-order valence-corrected chi connectivity index (χ4v) is 1.17. The molecule has 0 spiro atoms. The van der Waals surface area contributed by atoms with E-state index in [4.69, 9.17) is 0 Å². The third kappa shape index (κ3) is 1.43. The predicted octanol–water partition coefficient (Wildman–Crippen LogP) is -1.24. The van der Waals surface area contributed by atoms with Crippen LogP contribution in [0.5, 0.6) is 0 Å². The molecule has 0 N–H and O–H groups in total. The van der Waals surface area contributed by atoms with Crippen molar-refractivity contribution in [1.82, 2.24) is 29.3 Å². The van der Waals surface area contributed by atoms with Gasteiger partial charge >= 0.3 is 5.69 Å². The van der Waals surface area contributed by atoms with Crippen molar-refractivity contribution in [3.05, 3.63) is 28.7 Å². The Labute approximate surface area is 79.6 Å². The Bertz CT molecular complexity index is 492. The molecule has 2 aromatic heterocycles. The maximum absolute atomic E-state index is 11.4. The monoisotopic (exact) mass is 194 g/mol. The van der Waals surface area contributed by atoms with Crippen molar-refractivity contribution in [2.75, 3.05) is 0 Å². The topological polar surface area (TPSA) is 70.5 Å². The molecule has 0 aliphatic rings. The van der Waals surface area contributed by atoms with E-state index in [1.54, 1.807) is 26.5 Å². The Morgan fingerprint density at radius 1 is 1.36 bits per heavy atom. The van der Waals surface area contributed by atoms with E-state index in [0.29, 0.717) is 12.4 Å². The van der Waals surface area contributed by atoms with Crippen molar-refractivity contribution in [2.45, 2.75) is 6.54 Å². The van der Waals surface area contributed by atoms with Gasteiger partial charge in [0.2, 0.25) is 0 Å². The van der Waals surface area contributed by atoms with Crippen LogP contribution >= 0.6 is 0 Å². The third-order valence-electron chi connectivity index (χ3n) is 1.88. The highest BCUT2D eigenvalue weighted by molar-refractivity contribution is 4.86. The van der Waals surface area contributed by atoms with Gasteiger partial charge in [0.25, 0.3) is 0 Å². The third-order valence-corrected chi connectivity index (χ3v) is 1.88. The molecule has 2 heterocycles. The number of aromatic nitrogens is 6. The largest absolute Gasteiger partial charge is 0.328 e. The molecular weight excluding hydrogens is 184 g/mol. The van der Waals surface area contributed by atoms with Crippen LogP contribution in [0, 0.1) is 0 Å². The first-order chi connectivity index (χ1) is 6.66. The van der Waals surface area contributed by atoms with Gasteiger partial charge in [-0.1, -0.05) is 0 Å². The quantitative estimate of drug-likeness (QED) is 0.599. The van der Waals surface area contributed by atoms with Crippen LogP contribution in [0.2, 0.25) is 0 Å². The maximum Gasteiger partial charge on any atom is 0.328 e. The van der Waals surface area contributed by atoms with Gasteiger partial charge in [-0.2, -0.15) is 4.80 Å². The van der Waals surface area contributed by atoms with Gasteiger partial charge in [-0.3, -0.25) is 4.57 Å². The van der Waals surface area contributed by atoms with E-state index >= 15 is 0 Å². The van der Waals surface area contributed by atoms with E-state index in [1.165, 1.54) is 13.9 Å². The van der Waals surface area contributed by atoms with Crippen LogP contribution in [-0.4, -0.2) is 29.3 Å². The Morgan fingerprint density at radius 2 is 2.14 bits per heavy atom. The first-order valence-corrected chi connectivity index (χ1v) is 4.11. The van der Waals surface area contributed by atoms with E-state index in [9.17, 15) is 4.79 Å². The summed E-state index contributed by atoms with van der Waals surface area (Å²) in [5, 5.41) is 11.5. The molecule has 0 bridgehead atoms. The number of rotatable bonds is 2. The molecule has 2 aromatic rings. The molecule has 0 aliphatic carbocycles. The number of aryl methyl sites for hydroxylation is 2. The minimum atomic E-state index is -0.0857. The molecule has 0 aromatic carbocycles. The lowest BCUT2D eigenvalue weighted by molar-refractivity contribution is 0.623. The Kier molecular flexibility index (Phi) is 1.91. The zero-order valence-electron chi connectivity index (χ0n) is 7.95. The molecule has 7 heteroatoms. The zero-order valence-corrected chi connectivity index (χ0v) is 7.95. The van der Waals surface area contributed by atoms with Crippen molar-refractivity contribution in [3.8, 4) is 0 Å². The second-order valence-electron chi connectivity index (χ2n) is 3.01. The van der Waals surface area contributed by atoms with Gasteiger partial charge in [0.15, 0.2) is 5.82 Å². The van der Waals surface area contributed by atoms with Crippen LogP contribution in [0.25, 0.3) is 0 Å². The summed E-state index contributed by atoms with van der Waals surface area (Å²) in [6, 6.07) is 0. The SMILES string of the molecule is Cn1nnc(Cn2ccn(C)c2=O)n1. The first-order valence-electron chi connectivity index (χ1n) is 4.11. The molecule has 0 radical (unpaired) electrons. The molecule has 0 unspecified atom stereocenters. The Morgan fingerprint density at radius 3 is 2.64 bits per heavy atom. The molecule has 0 fully saturated rings. The fourth-order valence-electron chi connectivity index (χ4n) is 1.17. The second kappa shape index (κ2) is 3.09. The van der Waals surface area contributed by atoms with Gasteiger partial charge in [-0.05, 0) is 5.21 Å². The summed E-state index contributed by atoms with van der Waals surface area (Å²) in [5.74, 6) is 0.529. The van der Waals surface area contributed by atoms with E-state index in [-0.39, 0.29) is 5.69 Å². The van der Waals surface area contributed by atoms with Crippen LogP contribution in [-0.2, 0) is 20.6 Å². The molecular formula is C7H10N6O. The molecule has 7 nitrogen and oxygen atoms in total. The van der Waals surface area contributed by atoms with Gasteiger partial charge < -0.3 is 4.57 Å². The van der Waals surface area contributed by atoms with Gasteiger partial charge in [0.1, 0.15) is 0 Å². The van der Waals surface area contributed by atoms with Crippen LogP contribution in [0.3, 0.4) is 0 Å². The summed E-state index contributed by atoms with van der Waals surface area (Å²) in [4.78, 5) is 12.8. The number of imidazole rings is 1. The smallest absolute Gasteiger partial charge is 0.302 e. The summed E-state index contributed by atoms with van der Waals surface area (Å²) in [5.41, 5.74) is -0.0857. The van der Waals surface area contributed by atoms with Crippen molar-refractivity contribution in [3.63, 3.8) is 0 Å². The molecule has 0 saturated carbocycles. The number of hydrogen-bond acceptors (Lipinski definition) is 4. The molecule has 14 heavy (non-hydrogen) atoms. The van der Waals surface area contributed by atoms with Crippen LogP contribution in [0.1, 0.15) is 5.82 Å². The highest BCUT2D eigenvalue weighted by Crippen LogP contribution is 1.90. The summed E-state index contributed by atoms with van der Waals surface area (Å²) >= 11 is 0. The van der Waals surface area contributed by atoms with Crippen LogP contribution in [0.15, 0.2) is 17.2 Å². The Balaban J connectivity index is 2.27. The number of nitrogens with zero attached hydrogens (tertiary/aromatic N) is 6. The Hall–Kier alpha value is -1.92. The summed E-state index contributed by atoms with van der Waals surface area (Å²) < 4.78 is 3.02. The standard InChI is InChI=1S/C7H10N6O/c1-11-3-4-13(7(11)14)5-6-8-10-12(2)9-6/h3-4H,5H2,1-2H3. The van der Waals surface area contributed by atoms with Gasteiger partial charge in [-0.25, -0.2) is 4.79 Å². The first kappa shape index (κ1) is 8.67. The summed E-state index contributed by atoms with van der Waals surface area (Å²) in [7, 11) is 3.38. The van der Waals surface area contributed by atoms with Crippen LogP contribution in [0.4, 0.5) is 0 Å². The van der Waals surface area contributed by atoms with Gasteiger partial charge in [-0.15, -0.1) is 10.2 Å². The zero-order chi connectivity index (χ0) is 10.1. The lowest BCUT2D eigenvalue weighted by Crippen LogP contribution is -2.22. The summed E-state index contributed by atoms with van der Waals surface area (Å²) in [6.45, 7) is 0.355. The highest BCUT2D eigenvalue weighted by Gasteiger charge is 2.04. The maximum atomic E-state index is 11.4. The summed E-state index contributed by atoms with van der Waals surface area (Å²) in [6.07, 6.45) is 3.39. The van der Waals surface area contributed by atoms with Gasteiger partial charge in [0, 0.05) is 19.4 Å². The normalized spacial score (nSPS) is 10.7. The lowest BCUT2D eigenvalue weighted by Gasteiger charge is -1.93. The van der Waals surface area contributed by atoms with Crippen molar-refractivity contribution >= 4 is 0 Å². The molecule has 0 atom stereocenters. The second-order valence-corrected chi connectivity index (χ2v) is 3.01. The average Bonchev–Trinajstić information content (AvgIpc) is 2.67. The van der Waals surface area contributed by atoms with Crippen molar-refractivity contribution in [1.29, 1.82) is 0 Å². The van der Waals surface area contributed by atoms with E-state index in [2.05, 4.69) is 15.4 Å². The molecule has 2 rings (SSSR count). The van der Waals surface area contributed by atoms with E-state index in [1.807, 2.05) is 0 Å². The highest BCUT2D eigenvalue weighted by atomic mass is 16.1. The molecule has 0 aliphatic heterocycles. The fraction of sp³-hybridized carbons (Fsp3) is 0.429. The number of hydrogen-bond donors (Lipinski definition) is 0. The van der Waals surface area contributed by atoms with Crippen LogP contribution < -0.4 is 5.69 Å². The lowest BCUT2D eigenvalue weighted by atomic mass is 10.6. The predicted molar refractivity (Wildman–Crippen MR) is 47.6 cm³/mol. The molecule has 0 saturated heterocycles. The van der Waals surface area contributed by atoms with E-state index < -0.39 is 0 Å². The van der Waals surface area contributed by atoms with Crippen molar-refractivity contribution in [2.24, 2.45) is 14.1 Å². The van der Waals surface area contributed by atoms with E-state index in [0.717, 1.165) is 0 Å². The van der Waals surface area contributed by atoms with Crippen molar-refractivity contribution < 1.29 is 0 Å². The molecule has 0 amide bonds. The number of tetrazole rings is 1. The minimum absolute atomic E-state index is 0.0857. The minimum Gasteiger partial charge on any atom is -0.302 e. The molecule has 74 valence electrons. The average molecular weight is 194 g/mol. The van der Waals surface area contributed by atoms with Gasteiger partial charge in [0.05, 0.1) is 13.6 Å².